The highest BCUT2D eigenvalue weighted by Crippen LogP contribution is 2.25. The van der Waals surface area contributed by atoms with Crippen LogP contribution in [-0.2, 0) is 0 Å². The molecule has 2 aromatic heterocycles. The van der Waals surface area contributed by atoms with Gasteiger partial charge in [0.15, 0.2) is 0 Å². The Hall–Kier alpha value is -3.34. The zero-order chi connectivity index (χ0) is 16.7. The number of aryl methyl sites for hydroxylation is 1. The Labute approximate surface area is 137 Å². The van der Waals surface area contributed by atoms with Gasteiger partial charge in [0.05, 0.1) is 22.8 Å². The topological polar surface area (TPSA) is 68.3 Å². The van der Waals surface area contributed by atoms with Crippen molar-refractivity contribution < 1.29 is 9.52 Å². The van der Waals surface area contributed by atoms with E-state index in [1.54, 1.807) is 30.1 Å². The SMILES string of the molecule is Cc1cc(O)cc2occ(-c3cnn(-c4ccccc4)c3)c(=O)c12. The van der Waals surface area contributed by atoms with Gasteiger partial charge in [-0.3, -0.25) is 4.79 Å². The van der Waals surface area contributed by atoms with E-state index in [1.165, 1.54) is 12.3 Å². The second-order valence-electron chi connectivity index (χ2n) is 5.62. The van der Waals surface area contributed by atoms with E-state index < -0.39 is 0 Å². The highest BCUT2D eigenvalue weighted by atomic mass is 16.3. The van der Waals surface area contributed by atoms with Crippen molar-refractivity contribution in [3.8, 4) is 22.6 Å². The lowest BCUT2D eigenvalue weighted by Crippen LogP contribution is -2.06. The number of hydrogen-bond acceptors (Lipinski definition) is 4. The molecular formula is C19H14N2O3. The molecule has 5 nitrogen and oxygen atoms in total. The fourth-order valence-corrected chi connectivity index (χ4v) is 2.81. The Bertz CT molecular complexity index is 1090. The standard InChI is InChI=1S/C19H14N2O3/c1-12-7-15(22)8-17-18(12)19(23)16(11-24-17)13-9-20-21(10-13)14-5-3-2-4-6-14/h2-11,22H,1H3. The molecule has 2 heterocycles. The molecule has 5 heteroatoms. The molecule has 1 N–H and O–H groups in total. The van der Waals surface area contributed by atoms with Crippen LogP contribution in [0, 0.1) is 6.92 Å². The summed E-state index contributed by atoms with van der Waals surface area (Å²) < 4.78 is 7.27. The van der Waals surface area contributed by atoms with E-state index in [4.69, 9.17) is 4.42 Å². The highest BCUT2D eigenvalue weighted by Gasteiger charge is 2.14. The number of phenols is 1. The maximum Gasteiger partial charge on any atom is 0.200 e. The smallest absolute Gasteiger partial charge is 0.200 e. The van der Waals surface area contributed by atoms with Gasteiger partial charge in [0.25, 0.3) is 0 Å². The first-order valence-electron chi connectivity index (χ1n) is 7.49. The van der Waals surface area contributed by atoms with Crippen LogP contribution in [0.1, 0.15) is 5.56 Å². The van der Waals surface area contributed by atoms with Gasteiger partial charge in [-0.15, -0.1) is 0 Å². The third-order valence-electron chi connectivity index (χ3n) is 3.97. The first-order chi connectivity index (χ1) is 11.6. The van der Waals surface area contributed by atoms with E-state index in [-0.39, 0.29) is 11.2 Å². The monoisotopic (exact) mass is 318 g/mol. The summed E-state index contributed by atoms with van der Waals surface area (Å²) in [4.78, 5) is 12.8. The number of benzene rings is 2. The minimum atomic E-state index is -0.138. The van der Waals surface area contributed by atoms with Crippen LogP contribution in [-0.4, -0.2) is 14.9 Å². The number of fused-ring (bicyclic) bond motifs is 1. The first kappa shape index (κ1) is 14.3. The number of hydrogen-bond donors (Lipinski definition) is 1. The van der Waals surface area contributed by atoms with Gasteiger partial charge in [-0.2, -0.15) is 5.10 Å². The molecule has 0 radical (unpaired) electrons. The van der Waals surface area contributed by atoms with Crippen molar-refractivity contribution in [1.29, 1.82) is 0 Å². The number of para-hydroxylation sites is 1. The quantitative estimate of drug-likeness (QED) is 0.612. The molecule has 4 rings (SSSR count). The number of phenolic OH excluding ortho intramolecular Hbond substituents is 1. The van der Waals surface area contributed by atoms with Gasteiger partial charge in [-0.25, -0.2) is 4.68 Å². The van der Waals surface area contributed by atoms with Gasteiger partial charge < -0.3 is 9.52 Å². The molecule has 0 atom stereocenters. The van der Waals surface area contributed by atoms with Gasteiger partial charge in [-0.05, 0) is 30.7 Å². The minimum absolute atomic E-state index is 0.0767. The maximum atomic E-state index is 12.8. The molecule has 4 aromatic rings. The molecule has 0 fully saturated rings. The third kappa shape index (κ3) is 2.27. The predicted octanol–water partition coefficient (Wildman–Crippen LogP) is 3.66. The molecule has 0 saturated heterocycles. The van der Waals surface area contributed by atoms with Gasteiger partial charge in [-0.1, -0.05) is 18.2 Å². The van der Waals surface area contributed by atoms with Gasteiger partial charge in [0.2, 0.25) is 5.43 Å². The van der Waals surface area contributed by atoms with Crippen molar-refractivity contribution >= 4 is 11.0 Å². The van der Waals surface area contributed by atoms with E-state index in [0.29, 0.717) is 27.7 Å². The molecule has 118 valence electrons. The minimum Gasteiger partial charge on any atom is -0.508 e. The fraction of sp³-hybridized carbons (Fsp3) is 0.0526. The molecule has 24 heavy (non-hydrogen) atoms. The lowest BCUT2D eigenvalue weighted by molar-refractivity contribution is 0.473. The van der Waals surface area contributed by atoms with Gasteiger partial charge in [0.1, 0.15) is 17.6 Å². The van der Waals surface area contributed by atoms with E-state index >= 15 is 0 Å². The molecule has 2 aromatic carbocycles. The van der Waals surface area contributed by atoms with Gasteiger partial charge >= 0.3 is 0 Å². The Balaban J connectivity index is 1.88. The number of aromatic nitrogens is 2. The second kappa shape index (κ2) is 5.38. The lowest BCUT2D eigenvalue weighted by Gasteiger charge is -2.04. The summed E-state index contributed by atoms with van der Waals surface area (Å²) in [5.41, 5.74) is 2.95. The van der Waals surface area contributed by atoms with Crippen LogP contribution < -0.4 is 5.43 Å². The zero-order valence-electron chi connectivity index (χ0n) is 12.9. The van der Waals surface area contributed by atoms with E-state index in [9.17, 15) is 9.90 Å². The van der Waals surface area contributed by atoms with Crippen LogP contribution in [0.5, 0.6) is 5.75 Å². The van der Waals surface area contributed by atoms with Crippen LogP contribution in [0.3, 0.4) is 0 Å². The zero-order valence-corrected chi connectivity index (χ0v) is 12.9. The lowest BCUT2D eigenvalue weighted by atomic mass is 10.1. The van der Waals surface area contributed by atoms with Crippen molar-refractivity contribution in [1.82, 2.24) is 9.78 Å². The largest absolute Gasteiger partial charge is 0.508 e. The van der Waals surface area contributed by atoms with Crippen molar-refractivity contribution in [2.24, 2.45) is 0 Å². The molecule has 0 aliphatic rings. The Morgan fingerprint density at radius 2 is 1.96 bits per heavy atom. The van der Waals surface area contributed by atoms with Crippen molar-refractivity contribution in [3.05, 3.63) is 76.9 Å². The van der Waals surface area contributed by atoms with Crippen LogP contribution in [0.15, 0.2) is 70.3 Å². The van der Waals surface area contributed by atoms with Crippen molar-refractivity contribution in [2.45, 2.75) is 6.92 Å². The van der Waals surface area contributed by atoms with E-state index in [0.717, 1.165) is 5.69 Å². The number of rotatable bonds is 2. The molecule has 0 bridgehead atoms. The summed E-state index contributed by atoms with van der Waals surface area (Å²) in [6.07, 6.45) is 4.85. The average molecular weight is 318 g/mol. The molecule has 0 aliphatic carbocycles. The number of nitrogens with zero attached hydrogens (tertiary/aromatic N) is 2. The predicted molar refractivity (Wildman–Crippen MR) is 91.4 cm³/mol. The summed E-state index contributed by atoms with van der Waals surface area (Å²) in [5.74, 6) is 0.0767. The molecule has 0 amide bonds. The first-order valence-corrected chi connectivity index (χ1v) is 7.49. The Morgan fingerprint density at radius 1 is 1.17 bits per heavy atom. The molecule has 0 spiro atoms. The molecule has 0 saturated carbocycles. The average Bonchev–Trinajstić information content (AvgIpc) is 3.05. The normalized spacial score (nSPS) is 11.0. The van der Waals surface area contributed by atoms with Crippen LogP contribution in [0.25, 0.3) is 27.8 Å². The van der Waals surface area contributed by atoms with E-state index in [1.807, 2.05) is 30.3 Å². The fourth-order valence-electron chi connectivity index (χ4n) is 2.81. The summed E-state index contributed by atoms with van der Waals surface area (Å²) in [6, 6.07) is 12.7. The Morgan fingerprint density at radius 3 is 2.75 bits per heavy atom. The van der Waals surface area contributed by atoms with Crippen molar-refractivity contribution in [2.75, 3.05) is 0 Å². The van der Waals surface area contributed by atoms with E-state index in [2.05, 4.69) is 5.10 Å². The summed E-state index contributed by atoms with van der Waals surface area (Å²) in [7, 11) is 0. The van der Waals surface area contributed by atoms with Crippen molar-refractivity contribution in [3.63, 3.8) is 0 Å². The Kier molecular flexibility index (Phi) is 3.20. The third-order valence-corrected chi connectivity index (χ3v) is 3.97. The highest BCUT2D eigenvalue weighted by molar-refractivity contribution is 5.85. The summed E-state index contributed by atoms with van der Waals surface area (Å²) in [5, 5.41) is 14.4. The maximum absolute atomic E-state index is 12.8. The van der Waals surface area contributed by atoms with Crippen LogP contribution in [0.4, 0.5) is 0 Å². The van der Waals surface area contributed by atoms with Crippen LogP contribution >= 0.6 is 0 Å². The molecule has 0 unspecified atom stereocenters. The molecule has 0 aliphatic heterocycles. The number of aromatic hydroxyl groups is 1. The summed E-state index contributed by atoms with van der Waals surface area (Å²) >= 11 is 0. The second-order valence-corrected chi connectivity index (χ2v) is 5.62. The molecular weight excluding hydrogens is 304 g/mol. The summed E-state index contributed by atoms with van der Waals surface area (Å²) in [6.45, 7) is 1.77. The van der Waals surface area contributed by atoms with Crippen LogP contribution in [0.2, 0.25) is 0 Å². The van der Waals surface area contributed by atoms with Gasteiger partial charge in [0, 0.05) is 17.8 Å².